The average Bonchev–Trinajstić information content (AvgIpc) is 2.94. The summed E-state index contributed by atoms with van der Waals surface area (Å²) in [6.45, 7) is 0.733. The molecule has 1 unspecified atom stereocenters. The molecule has 1 fully saturated rings. The predicted octanol–water partition coefficient (Wildman–Crippen LogP) is 1.14. The number of carbonyl (C=O) groups is 2. The molecule has 1 N–H and O–H groups in total. The quantitative estimate of drug-likeness (QED) is 0.877. The summed E-state index contributed by atoms with van der Waals surface area (Å²) in [4.78, 5) is 28.8. The Balaban J connectivity index is 2.06. The van der Waals surface area contributed by atoms with Crippen LogP contribution in [0.3, 0.4) is 0 Å². The van der Waals surface area contributed by atoms with Crippen LogP contribution in [0, 0.1) is 0 Å². The topological polar surface area (TPSA) is 75.4 Å². The van der Waals surface area contributed by atoms with E-state index in [-0.39, 0.29) is 17.5 Å². The van der Waals surface area contributed by atoms with Gasteiger partial charge in [0.2, 0.25) is 5.91 Å². The summed E-state index contributed by atoms with van der Waals surface area (Å²) in [5.41, 5.74) is 1.59. The molecule has 1 atom stereocenters. The molecule has 0 spiro atoms. The molecule has 0 bridgehead atoms. The normalized spacial score (nSPS) is 19.3. The highest BCUT2D eigenvalue weighted by Gasteiger charge is 2.31. The van der Waals surface area contributed by atoms with Crippen molar-refractivity contribution < 1.29 is 14.7 Å². The highest BCUT2D eigenvalue weighted by Crippen LogP contribution is 2.26. The van der Waals surface area contributed by atoms with Gasteiger partial charge in [0.15, 0.2) is 0 Å². The smallest absolute Gasteiger partial charge is 0.335 e. The third kappa shape index (κ3) is 1.76. The molecular weight excluding hydrogens is 246 g/mol. The van der Waals surface area contributed by atoms with E-state index in [9.17, 15) is 9.59 Å². The second-order valence-electron chi connectivity index (χ2n) is 4.72. The molecule has 1 saturated heterocycles. The molecular formula is C13H13N3O3. The van der Waals surface area contributed by atoms with Gasteiger partial charge in [-0.3, -0.25) is 4.79 Å². The Labute approximate surface area is 109 Å². The van der Waals surface area contributed by atoms with Crippen molar-refractivity contribution >= 4 is 22.9 Å². The molecule has 1 amide bonds. The summed E-state index contributed by atoms with van der Waals surface area (Å²) >= 11 is 0. The van der Waals surface area contributed by atoms with Crippen LogP contribution in [0.15, 0.2) is 24.5 Å². The largest absolute Gasteiger partial charge is 0.478 e. The van der Waals surface area contributed by atoms with Crippen molar-refractivity contribution in [3.05, 3.63) is 30.1 Å². The Morgan fingerprint density at radius 1 is 1.47 bits per heavy atom. The lowest BCUT2D eigenvalue weighted by Crippen LogP contribution is -2.24. The van der Waals surface area contributed by atoms with Gasteiger partial charge in [-0.1, -0.05) is 0 Å². The van der Waals surface area contributed by atoms with E-state index in [0.29, 0.717) is 5.52 Å². The van der Waals surface area contributed by atoms with Crippen LogP contribution in [0.25, 0.3) is 11.0 Å². The van der Waals surface area contributed by atoms with Crippen molar-refractivity contribution in [2.45, 2.75) is 12.5 Å². The van der Waals surface area contributed by atoms with Crippen LogP contribution in [-0.2, 0) is 4.79 Å². The number of imidazole rings is 1. The lowest BCUT2D eigenvalue weighted by Gasteiger charge is -2.12. The Morgan fingerprint density at radius 2 is 2.26 bits per heavy atom. The van der Waals surface area contributed by atoms with Crippen molar-refractivity contribution in [1.82, 2.24) is 14.5 Å². The number of hydrogen-bond acceptors (Lipinski definition) is 3. The first-order chi connectivity index (χ1) is 9.08. The number of carboxylic acid groups (broad SMARTS) is 1. The molecule has 6 nitrogen and oxygen atoms in total. The number of rotatable bonds is 2. The number of carbonyl (C=O) groups excluding carboxylic acids is 1. The molecule has 1 aliphatic rings. The highest BCUT2D eigenvalue weighted by atomic mass is 16.4. The van der Waals surface area contributed by atoms with Gasteiger partial charge in [0.1, 0.15) is 6.04 Å². The maximum Gasteiger partial charge on any atom is 0.335 e. The third-order valence-corrected chi connectivity index (χ3v) is 3.56. The molecule has 1 aliphatic heterocycles. The van der Waals surface area contributed by atoms with E-state index < -0.39 is 5.97 Å². The van der Waals surface area contributed by atoms with Crippen LogP contribution in [0.1, 0.15) is 22.8 Å². The average molecular weight is 259 g/mol. The van der Waals surface area contributed by atoms with Crippen LogP contribution in [0.5, 0.6) is 0 Å². The van der Waals surface area contributed by atoms with Gasteiger partial charge in [-0.25, -0.2) is 9.78 Å². The lowest BCUT2D eigenvalue weighted by molar-refractivity contribution is -0.129. The van der Waals surface area contributed by atoms with Gasteiger partial charge in [-0.2, -0.15) is 0 Å². The molecule has 98 valence electrons. The molecule has 0 radical (unpaired) electrons. The number of aromatic carboxylic acids is 1. The zero-order valence-electron chi connectivity index (χ0n) is 10.4. The standard InChI is InChI=1S/C13H13N3O3/c1-15-5-4-11(12(15)17)16-7-14-9-6-8(13(18)19)2-3-10(9)16/h2-3,6-7,11H,4-5H2,1H3,(H,18,19). The van der Waals surface area contributed by atoms with E-state index in [4.69, 9.17) is 5.11 Å². The number of hydrogen-bond donors (Lipinski definition) is 1. The van der Waals surface area contributed by atoms with Gasteiger partial charge < -0.3 is 14.6 Å². The number of likely N-dealkylation sites (tertiary alicyclic amines) is 1. The zero-order chi connectivity index (χ0) is 13.6. The summed E-state index contributed by atoms with van der Waals surface area (Å²) in [7, 11) is 1.78. The van der Waals surface area contributed by atoms with Crippen LogP contribution in [0.4, 0.5) is 0 Å². The summed E-state index contributed by atoms with van der Waals surface area (Å²) in [6, 6.07) is 4.53. The van der Waals surface area contributed by atoms with E-state index in [1.54, 1.807) is 24.3 Å². The molecule has 3 rings (SSSR count). The van der Waals surface area contributed by atoms with Crippen molar-refractivity contribution in [3.8, 4) is 0 Å². The molecule has 2 aromatic rings. The van der Waals surface area contributed by atoms with E-state index in [1.807, 2.05) is 4.57 Å². The molecule has 1 aromatic heterocycles. The Morgan fingerprint density at radius 3 is 2.89 bits per heavy atom. The fraction of sp³-hybridized carbons (Fsp3) is 0.308. The first-order valence-electron chi connectivity index (χ1n) is 6.03. The fourth-order valence-corrected chi connectivity index (χ4v) is 2.48. The third-order valence-electron chi connectivity index (χ3n) is 3.56. The number of carboxylic acids is 1. The second kappa shape index (κ2) is 4.08. The number of fused-ring (bicyclic) bond motifs is 1. The van der Waals surface area contributed by atoms with Crippen LogP contribution in [-0.4, -0.2) is 45.0 Å². The van der Waals surface area contributed by atoms with Crippen LogP contribution < -0.4 is 0 Å². The van der Waals surface area contributed by atoms with Crippen molar-refractivity contribution in [2.75, 3.05) is 13.6 Å². The van der Waals surface area contributed by atoms with E-state index >= 15 is 0 Å². The second-order valence-corrected chi connectivity index (χ2v) is 4.72. The number of nitrogens with zero attached hydrogens (tertiary/aromatic N) is 3. The molecule has 2 heterocycles. The van der Waals surface area contributed by atoms with Crippen LogP contribution in [0.2, 0.25) is 0 Å². The van der Waals surface area contributed by atoms with E-state index in [2.05, 4.69) is 4.98 Å². The zero-order valence-corrected chi connectivity index (χ0v) is 10.4. The van der Waals surface area contributed by atoms with Gasteiger partial charge >= 0.3 is 5.97 Å². The molecule has 1 aromatic carbocycles. The predicted molar refractivity (Wildman–Crippen MR) is 68.0 cm³/mol. The number of benzene rings is 1. The SMILES string of the molecule is CN1CCC(n2cnc3cc(C(=O)O)ccc32)C1=O. The van der Waals surface area contributed by atoms with Gasteiger partial charge in [-0.05, 0) is 24.6 Å². The van der Waals surface area contributed by atoms with Gasteiger partial charge in [0.05, 0.1) is 22.9 Å². The Kier molecular flexibility index (Phi) is 2.51. The maximum atomic E-state index is 12.0. The summed E-state index contributed by atoms with van der Waals surface area (Å²) in [5.74, 6) is -0.908. The molecule has 0 saturated carbocycles. The summed E-state index contributed by atoms with van der Waals surface area (Å²) in [6.07, 6.45) is 2.36. The minimum Gasteiger partial charge on any atom is -0.478 e. The van der Waals surface area contributed by atoms with E-state index in [0.717, 1.165) is 18.5 Å². The summed E-state index contributed by atoms with van der Waals surface area (Å²) in [5, 5.41) is 8.94. The Bertz CT molecular complexity index is 677. The van der Waals surface area contributed by atoms with Crippen molar-refractivity contribution in [1.29, 1.82) is 0 Å². The first kappa shape index (κ1) is 11.7. The number of amides is 1. The monoisotopic (exact) mass is 259 g/mol. The first-order valence-corrected chi connectivity index (χ1v) is 6.03. The minimum atomic E-state index is -0.979. The number of aromatic nitrogens is 2. The molecule has 0 aliphatic carbocycles. The lowest BCUT2D eigenvalue weighted by atomic mass is 10.2. The fourth-order valence-electron chi connectivity index (χ4n) is 2.48. The highest BCUT2D eigenvalue weighted by molar-refractivity contribution is 5.93. The van der Waals surface area contributed by atoms with E-state index in [1.165, 1.54) is 12.1 Å². The van der Waals surface area contributed by atoms with Gasteiger partial charge in [-0.15, -0.1) is 0 Å². The van der Waals surface area contributed by atoms with Gasteiger partial charge in [0, 0.05) is 13.6 Å². The Hall–Kier alpha value is -2.37. The number of likely N-dealkylation sites (N-methyl/N-ethyl adjacent to an activating group) is 1. The van der Waals surface area contributed by atoms with Crippen molar-refractivity contribution in [2.24, 2.45) is 0 Å². The minimum absolute atomic E-state index is 0.0709. The maximum absolute atomic E-state index is 12.0. The molecule has 19 heavy (non-hydrogen) atoms. The van der Waals surface area contributed by atoms with Crippen molar-refractivity contribution in [3.63, 3.8) is 0 Å². The van der Waals surface area contributed by atoms with Gasteiger partial charge in [0.25, 0.3) is 0 Å². The van der Waals surface area contributed by atoms with Crippen LogP contribution >= 0.6 is 0 Å². The summed E-state index contributed by atoms with van der Waals surface area (Å²) < 4.78 is 1.83. The molecule has 6 heteroatoms.